The molecule has 2 rings (SSSR count). The van der Waals surface area contributed by atoms with Gasteiger partial charge < -0.3 is 14.6 Å². The topological polar surface area (TPSA) is 55.8 Å². The van der Waals surface area contributed by atoms with Gasteiger partial charge in [-0.3, -0.25) is 0 Å². The molecule has 0 atom stereocenters. The van der Waals surface area contributed by atoms with Crippen molar-refractivity contribution in [2.75, 3.05) is 14.2 Å². The summed E-state index contributed by atoms with van der Waals surface area (Å²) in [5, 5.41) is 10.8. The van der Waals surface area contributed by atoms with Crippen molar-refractivity contribution in [3.8, 4) is 11.5 Å². The number of ether oxygens (including phenoxy) is 2. The number of hydrogen-bond donors (Lipinski definition) is 1. The fourth-order valence-corrected chi connectivity index (χ4v) is 2.13. The molecule has 1 N–H and O–H groups in total. The zero-order chi connectivity index (χ0) is 14.7. The van der Waals surface area contributed by atoms with Gasteiger partial charge in [-0.1, -0.05) is 24.3 Å². The summed E-state index contributed by atoms with van der Waals surface area (Å²) in [7, 11) is 3.16. The first-order valence-electron chi connectivity index (χ1n) is 6.13. The lowest BCUT2D eigenvalue weighted by atomic mass is 10.0. The fourth-order valence-electron chi connectivity index (χ4n) is 2.13. The first-order valence-corrected chi connectivity index (χ1v) is 6.13. The van der Waals surface area contributed by atoms with Crippen LogP contribution in [0.25, 0.3) is 16.8 Å². The first-order chi connectivity index (χ1) is 9.58. The molecule has 20 heavy (non-hydrogen) atoms. The van der Waals surface area contributed by atoms with Gasteiger partial charge in [0.05, 0.1) is 14.2 Å². The summed E-state index contributed by atoms with van der Waals surface area (Å²) in [6.07, 6.45) is 1.58. The number of fused-ring (bicyclic) bond motifs is 1. The predicted octanol–water partition coefficient (Wildman–Crippen LogP) is 3.34. The minimum atomic E-state index is -0.959. The molecular formula is C16H16O4. The molecule has 0 spiro atoms. The molecule has 0 radical (unpaired) electrons. The van der Waals surface area contributed by atoms with Gasteiger partial charge in [0.25, 0.3) is 0 Å². The van der Waals surface area contributed by atoms with Gasteiger partial charge in [-0.2, -0.15) is 0 Å². The maximum absolute atomic E-state index is 11.0. The Morgan fingerprint density at radius 1 is 1.15 bits per heavy atom. The maximum Gasteiger partial charge on any atom is 0.331 e. The highest BCUT2D eigenvalue weighted by molar-refractivity contribution is 5.99. The molecule has 0 unspecified atom stereocenters. The van der Waals surface area contributed by atoms with Crippen molar-refractivity contribution < 1.29 is 19.4 Å². The largest absolute Gasteiger partial charge is 0.496 e. The lowest BCUT2D eigenvalue weighted by Crippen LogP contribution is -1.97. The van der Waals surface area contributed by atoms with E-state index in [2.05, 4.69) is 0 Å². The molecule has 0 aliphatic rings. The van der Waals surface area contributed by atoms with Gasteiger partial charge in [0.15, 0.2) is 0 Å². The van der Waals surface area contributed by atoms with Crippen LogP contribution in [0.5, 0.6) is 11.5 Å². The van der Waals surface area contributed by atoms with Crippen LogP contribution >= 0.6 is 0 Å². The van der Waals surface area contributed by atoms with Crippen LogP contribution in [0.1, 0.15) is 12.5 Å². The van der Waals surface area contributed by atoms with Gasteiger partial charge in [-0.15, -0.1) is 0 Å². The summed E-state index contributed by atoms with van der Waals surface area (Å²) >= 11 is 0. The number of hydrogen-bond acceptors (Lipinski definition) is 3. The lowest BCUT2D eigenvalue weighted by molar-refractivity contribution is -0.132. The molecule has 2 aromatic carbocycles. The highest BCUT2D eigenvalue weighted by atomic mass is 16.5. The highest BCUT2D eigenvalue weighted by Crippen LogP contribution is 2.37. The van der Waals surface area contributed by atoms with E-state index in [0.717, 1.165) is 10.8 Å². The molecule has 0 bridgehead atoms. The van der Waals surface area contributed by atoms with Gasteiger partial charge in [-0.05, 0) is 19.1 Å². The van der Waals surface area contributed by atoms with Gasteiger partial charge >= 0.3 is 5.97 Å². The Morgan fingerprint density at radius 3 is 2.35 bits per heavy atom. The van der Waals surface area contributed by atoms with Crippen molar-refractivity contribution in [3.63, 3.8) is 0 Å². The van der Waals surface area contributed by atoms with Crippen LogP contribution in [-0.2, 0) is 4.79 Å². The lowest BCUT2D eigenvalue weighted by Gasteiger charge is -2.13. The summed E-state index contributed by atoms with van der Waals surface area (Å²) in [6.45, 7) is 1.55. The minimum Gasteiger partial charge on any atom is -0.496 e. The number of benzene rings is 2. The molecule has 0 aliphatic heterocycles. The Kier molecular flexibility index (Phi) is 3.94. The third-order valence-electron chi connectivity index (χ3n) is 3.12. The summed E-state index contributed by atoms with van der Waals surface area (Å²) in [6, 6.07) is 9.47. The Labute approximate surface area is 117 Å². The molecule has 0 fully saturated rings. The monoisotopic (exact) mass is 272 g/mol. The summed E-state index contributed by atoms with van der Waals surface area (Å²) < 4.78 is 10.8. The van der Waals surface area contributed by atoms with E-state index in [4.69, 9.17) is 14.6 Å². The van der Waals surface area contributed by atoms with E-state index < -0.39 is 5.97 Å². The van der Waals surface area contributed by atoms with Gasteiger partial charge in [0.2, 0.25) is 0 Å². The molecule has 0 amide bonds. The fraction of sp³-hybridized carbons (Fsp3) is 0.188. The van der Waals surface area contributed by atoms with Gasteiger partial charge in [0, 0.05) is 21.9 Å². The molecular weight excluding hydrogens is 256 g/mol. The molecule has 0 heterocycles. The van der Waals surface area contributed by atoms with Gasteiger partial charge in [-0.25, -0.2) is 4.79 Å². The van der Waals surface area contributed by atoms with E-state index in [9.17, 15) is 4.79 Å². The Hall–Kier alpha value is -2.49. The minimum absolute atomic E-state index is 0.237. The number of carboxylic acid groups (broad SMARTS) is 1. The van der Waals surface area contributed by atoms with E-state index in [1.165, 1.54) is 0 Å². The predicted molar refractivity (Wildman–Crippen MR) is 78.3 cm³/mol. The van der Waals surface area contributed by atoms with Crippen LogP contribution in [0.4, 0.5) is 0 Å². The molecule has 2 aromatic rings. The number of rotatable bonds is 4. The zero-order valence-electron chi connectivity index (χ0n) is 11.6. The van der Waals surface area contributed by atoms with E-state index in [1.807, 2.05) is 24.3 Å². The Morgan fingerprint density at radius 2 is 1.80 bits per heavy atom. The average molecular weight is 272 g/mol. The number of methoxy groups -OCH3 is 2. The Bertz CT molecular complexity index is 686. The van der Waals surface area contributed by atoms with E-state index in [1.54, 1.807) is 33.3 Å². The van der Waals surface area contributed by atoms with E-state index in [-0.39, 0.29) is 5.57 Å². The van der Waals surface area contributed by atoms with Crippen LogP contribution in [0.3, 0.4) is 0 Å². The van der Waals surface area contributed by atoms with E-state index >= 15 is 0 Å². The SMILES string of the molecule is COc1cc(/C=C(/C)C(=O)O)c(OC)c2ccccc12. The average Bonchev–Trinajstić information content (AvgIpc) is 2.46. The van der Waals surface area contributed by atoms with Crippen LogP contribution in [0.15, 0.2) is 35.9 Å². The first kappa shape index (κ1) is 13.9. The number of aliphatic carboxylic acids is 1. The number of carboxylic acids is 1. The molecule has 104 valence electrons. The van der Waals surface area contributed by atoms with E-state index in [0.29, 0.717) is 17.1 Å². The third-order valence-corrected chi connectivity index (χ3v) is 3.12. The van der Waals surface area contributed by atoms with Gasteiger partial charge in [0.1, 0.15) is 11.5 Å². The highest BCUT2D eigenvalue weighted by Gasteiger charge is 2.12. The van der Waals surface area contributed by atoms with Crippen molar-refractivity contribution >= 4 is 22.8 Å². The molecule has 0 saturated carbocycles. The molecule has 4 heteroatoms. The summed E-state index contributed by atoms with van der Waals surface area (Å²) in [5.41, 5.74) is 0.920. The third kappa shape index (κ3) is 2.45. The van der Waals surface area contributed by atoms with Crippen molar-refractivity contribution in [1.82, 2.24) is 0 Å². The normalized spacial score (nSPS) is 11.4. The van der Waals surface area contributed by atoms with Crippen molar-refractivity contribution in [1.29, 1.82) is 0 Å². The van der Waals surface area contributed by atoms with Crippen LogP contribution in [-0.4, -0.2) is 25.3 Å². The zero-order valence-corrected chi connectivity index (χ0v) is 11.6. The molecule has 0 aromatic heterocycles. The summed E-state index contributed by atoms with van der Waals surface area (Å²) in [5.74, 6) is 0.368. The molecule has 0 aliphatic carbocycles. The second-order valence-corrected chi connectivity index (χ2v) is 4.38. The second kappa shape index (κ2) is 5.65. The molecule has 4 nitrogen and oxygen atoms in total. The van der Waals surface area contributed by atoms with Crippen molar-refractivity contribution in [3.05, 3.63) is 41.5 Å². The molecule has 0 saturated heterocycles. The summed E-state index contributed by atoms with van der Waals surface area (Å²) in [4.78, 5) is 11.0. The van der Waals surface area contributed by atoms with Crippen LogP contribution in [0, 0.1) is 0 Å². The smallest absolute Gasteiger partial charge is 0.331 e. The second-order valence-electron chi connectivity index (χ2n) is 4.38. The van der Waals surface area contributed by atoms with Crippen LogP contribution in [0.2, 0.25) is 0 Å². The maximum atomic E-state index is 11.0. The Balaban J connectivity index is 2.77. The van der Waals surface area contributed by atoms with Crippen molar-refractivity contribution in [2.24, 2.45) is 0 Å². The number of carbonyl (C=O) groups is 1. The quantitative estimate of drug-likeness (QED) is 0.867. The standard InChI is InChI=1S/C16H16O4/c1-10(16(17)18)8-11-9-14(19-2)12-6-4-5-7-13(12)15(11)20-3/h4-9H,1-3H3,(H,17,18)/b10-8-. The van der Waals surface area contributed by atoms with Crippen LogP contribution < -0.4 is 9.47 Å². The van der Waals surface area contributed by atoms with Crippen molar-refractivity contribution in [2.45, 2.75) is 6.92 Å².